The maximum Gasteiger partial charge on any atom is 0.237 e. The van der Waals surface area contributed by atoms with Gasteiger partial charge >= 0.3 is 0 Å². The topological polar surface area (TPSA) is 61.4 Å². The Bertz CT molecular complexity index is 1080. The van der Waals surface area contributed by atoms with Crippen molar-refractivity contribution in [1.82, 2.24) is 15.5 Å². The van der Waals surface area contributed by atoms with Gasteiger partial charge in [0.15, 0.2) is 0 Å². The summed E-state index contributed by atoms with van der Waals surface area (Å²) in [7, 11) is 0. The molecular formula is C25H26ClN3O2. The summed E-state index contributed by atoms with van der Waals surface area (Å²) in [4.78, 5) is 27.3. The Kier molecular flexibility index (Phi) is 6.85. The third-order valence-electron chi connectivity index (χ3n) is 5.75. The minimum atomic E-state index is -0.479. The normalized spacial score (nSPS) is 16.8. The minimum absolute atomic E-state index is 0.0901. The number of fused-ring (bicyclic) bond motifs is 1. The van der Waals surface area contributed by atoms with Gasteiger partial charge in [0.2, 0.25) is 11.8 Å². The first-order valence-electron chi connectivity index (χ1n) is 10.6. The van der Waals surface area contributed by atoms with E-state index in [4.69, 9.17) is 11.6 Å². The van der Waals surface area contributed by atoms with E-state index < -0.39 is 6.04 Å². The van der Waals surface area contributed by atoms with Gasteiger partial charge in [-0.25, -0.2) is 0 Å². The number of nitrogens with zero attached hydrogens (tertiary/aromatic N) is 1. The zero-order valence-corrected chi connectivity index (χ0v) is 18.1. The predicted octanol–water partition coefficient (Wildman–Crippen LogP) is 3.54. The van der Waals surface area contributed by atoms with E-state index in [2.05, 4.69) is 39.8 Å². The molecule has 5 nitrogen and oxygen atoms in total. The standard InChI is InChI=1S/C25H26ClN3O2/c26-22-11-4-2-7-19(22)12-13-27-24(30)16-23-25(31)28-14-15-29(23)17-20-9-5-8-18-6-1-3-10-21(18)20/h1-11,23H,12-17H2,(H,27,30)(H,28,31). The van der Waals surface area contributed by atoms with Gasteiger partial charge in [0, 0.05) is 31.2 Å². The summed E-state index contributed by atoms with van der Waals surface area (Å²) in [5, 5.41) is 8.89. The van der Waals surface area contributed by atoms with Crippen LogP contribution in [0.15, 0.2) is 66.7 Å². The number of carbonyl (C=O) groups is 2. The van der Waals surface area contributed by atoms with Gasteiger partial charge in [-0.05, 0) is 34.4 Å². The summed E-state index contributed by atoms with van der Waals surface area (Å²) in [5.74, 6) is -0.218. The van der Waals surface area contributed by atoms with Crippen molar-refractivity contribution in [2.45, 2.75) is 25.4 Å². The molecule has 0 bridgehead atoms. The molecule has 0 spiro atoms. The number of piperazine rings is 1. The Morgan fingerprint density at radius 1 is 1.03 bits per heavy atom. The number of hydrogen-bond acceptors (Lipinski definition) is 3. The first-order valence-corrected chi connectivity index (χ1v) is 11.0. The number of rotatable bonds is 7. The second kappa shape index (κ2) is 9.94. The molecule has 1 saturated heterocycles. The second-order valence-corrected chi connectivity index (χ2v) is 8.22. The maximum absolute atomic E-state index is 12.6. The van der Waals surface area contributed by atoms with Gasteiger partial charge in [-0.3, -0.25) is 14.5 Å². The van der Waals surface area contributed by atoms with Crippen LogP contribution in [-0.2, 0) is 22.6 Å². The van der Waals surface area contributed by atoms with Crippen LogP contribution in [0.5, 0.6) is 0 Å². The molecule has 2 N–H and O–H groups in total. The molecule has 1 aliphatic heterocycles. The Labute approximate surface area is 187 Å². The number of nitrogens with one attached hydrogen (secondary N) is 2. The lowest BCUT2D eigenvalue weighted by atomic mass is 10.0. The third-order valence-corrected chi connectivity index (χ3v) is 6.12. The van der Waals surface area contributed by atoms with E-state index in [1.807, 2.05) is 42.5 Å². The summed E-state index contributed by atoms with van der Waals surface area (Å²) in [6, 6.07) is 21.6. The molecule has 160 valence electrons. The van der Waals surface area contributed by atoms with Crippen LogP contribution >= 0.6 is 11.6 Å². The molecular weight excluding hydrogens is 410 g/mol. The van der Waals surface area contributed by atoms with E-state index in [9.17, 15) is 9.59 Å². The van der Waals surface area contributed by atoms with Crippen molar-refractivity contribution in [3.05, 3.63) is 82.9 Å². The quantitative estimate of drug-likeness (QED) is 0.596. The van der Waals surface area contributed by atoms with Crippen LogP contribution in [0.1, 0.15) is 17.5 Å². The van der Waals surface area contributed by atoms with E-state index in [1.165, 1.54) is 10.8 Å². The molecule has 0 aromatic heterocycles. The zero-order chi connectivity index (χ0) is 21.6. The molecule has 0 aliphatic carbocycles. The monoisotopic (exact) mass is 435 g/mol. The lowest BCUT2D eigenvalue weighted by Crippen LogP contribution is -2.56. The van der Waals surface area contributed by atoms with Crippen LogP contribution in [0.2, 0.25) is 5.02 Å². The summed E-state index contributed by atoms with van der Waals surface area (Å²) >= 11 is 6.18. The van der Waals surface area contributed by atoms with Crippen molar-refractivity contribution >= 4 is 34.2 Å². The Morgan fingerprint density at radius 2 is 1.77 bits per heavy atom. The molecule has 4 rings (SSSR count). The Balaban J connectivity index is 1.40. The van der Waals surface area contributed by atoms with Crippen molar-refractivity contribution in [3.8, 4) is 0 Å². The third kappa shape index (κ3) is 5.24. The number of carbonyl (C=O) groups excluding carboxylic acids is 2. The molecule has 1 heterocycles. The van der Waals surface area contributed by atoms with Crippen LogP contribution < -0.4 is 10.6 Å². The SMILES string of the molecule is O=C(CC1C(=O)NCCN1Cc1cccc2ccccc12)NCCc1ccccc1Cl. The predicted molar refractivity (Wildman–Crippen MR) is 124 cm³/mol. The molecule has 3 aromatic rings. The summed E-state index contributed by atoms with van der Waals surface area (Å²) in [6.45, 7) is 2.42. The largest absolute Gasteiger partial charge is 0.356 e. The van der Waals surface area contributed by atoms with Gasteiger partial charge in [0.25, 0.3) is 0 Å². The average molecular weight is 436 g/mol. The smallest absolute Gasteiger partial charge is 0.237 e. The highest BCUT2D eigenvalue weighted by Crippen LogP contribution is 2.22. The van der Waals surface area contributed by atoms with Crippen molar-refractivity contribution in [2.75, 3.05) is 19.6 Å². The molecule has 31 heavy (non-hydrogen) atoms. The van der Waals surface area contributed by atoms with Gasteiger partial charge in [0.05, 0.1) is 12.5 Å². The van der Waals surface area contributed by atoms with Crippen LogP contribution in [0.3, 0.4) is 0 Å². The fourth-order valence-corrected chi connectivity index (χ4v) is 4.34. The first-order chi connectivity index (χ1) is 15.1. The molecule has 6 heteroatoms. The van der Waals surface area contributed by atoms with Gasteiger partial charge in [-0.1, -0.05) is 72.3 Å². The lowest BCUT2D eigenvalue weighted by Gasteiger charge is -2.35. The van der Waals surface area contributed by atoms with E-state index in [0.717, 1.165) is 11.1 Å². The molecule has 2 amide bonds. The van der Waals surface area contributed by atoms with Crippen molar-refractivity contribution in [3.63, 3.8) is 0 Å². The number of amides is 2. The van der Waals surface area contributed by atoms with E-state index in [-0.39, 0.29) is 18.2 Å². The minimum Gasteiger partial charge on any atom is -0.356 e. The fraction of sp³-hybridized carbons (Fsp3) is 0.280. The summed E-state index contributed by atoms with van der Waals surface area (Å²) < 4.78 is 0. The highest BCUT2D eigenvalue weighted by Gasteiger charge is 2.31. The fourth-order valence-electron chi connectivity index (χ4n) is 4.11. The van der Waals surface area contributed by atoms with E-state index >= 15 is 0 Å². The summed E-state index contributed by atoms with van der Waals surface area (Å²) in [6.07, 6.45) is 0.793. The number of halogens is 1. The lowest BCUT2D eigenvalue weighted by molar-refractivity contribution is -0.134. The second-order valence-electron chi connectivity index (χ2n) is 7.81. The highest BCUT2D eigenvalue weighted by atomic mass is 35.5. The average Bonchev–Trinajstić information content (AvgIpc) is 2.78. The number of benzene rings is 3. The molecule has 0 saturated carbocycles. The van der Waals surface area contributed by atoms with Crippen molar-refractivity contribution in [2.24, 2.45) is 0 Å². The molecule has 1 fully saturated rings. The Hall–Kier alpha value is -2.89. The van der Waals surface area contributed by atoms with Gasteiger partial charge in [-0.15, -0.1) is 0 Å². The number of hydrogen-bond donors (Lipinski definition) is 2. The molecule has 1 aliphatic rings. The molecule has 3 aromatic carbocycles. The van der Waals surface area contributed by atoms with E-state index in [0.29, 0.717) is 37.6 Å². The van der Waals surface area contributed by atoms with Gasteiger partial charge < -0.3 is 10.6 Å². The van der Waals surface area contributed by atoms with Gasteiger partial charge in [0.1, 0.15) is 0 Å². The van der Waals surface area contributed by atoms with E-state index in [1.54, 1.807) is 0 Å². The van der Waals surface area contributed by atoms with Crippen LogP contribution in [0, 0.1) is 0 Å². The molecule has 1 atom stereocenters. The van der Waals surface area contributed by atoms with Crippen LogP contribution in [-0.4, -0.2) is 42.4 Å². The van der Waals surface area contributed by atoms with Crippen LogP contribution in [0.4, 0.5) is 0 Å². The highest BCUT2D eigenvalue weighted by molar-refractivity contribution is 6.31. The Morgan fingerprint density at radius 3 is 2.65 bits per heavy atom. The zero-order valence-electron chi connectivity index (χ0n) is 17.3. The molecule has 0 radical (unpaired) electrons. The van der Waals surface area contributed by atoms with Crippen molar-refractivity contribution < 1.29 is 9.59 Å². The summed E-state index contributed by atoms with van der Waals surface area (Å²) in [5.41, 5.74) is 2.16. The van der Waals surface area contributed by atoms with Crippen molar-refractivity contribution in [1.29, 1.82) is 0 Å². The maximum atomic E-state index is 12.6. The van der Waals surface area contributed by atoms with Crippen LogP contribution in [0.25, 0.3) is 10.8 Å². The van der Waals surface area contributed by atoms with Gasteiger partial charge in [-0.2, -0.15) is 0 Å². The molecule has 1 unspecified atom stereocenters. The first kappa shape index (κ1) is 21.3.